The van der Waals surface area contributed by atoms with E-state index >= 15 is 0 Å². The molecule has 1 amide bonds. The van der Waals surface area contributed by atoms with Crippen LogP contribution in [-0.2, 0) is 32.1 Å². The molecule has 0 bridgehead atoms. The minimum Gasteiger partial charge on any atom is -0.444 e. The number of aliphatic hydroxyl groups excluding tert-OH is 1. The Balaban J connectivity index is 2.04. The number of aliphatic hydroxyl groups is 1. The number of carbonyl (C=O) groups is 1. The van der Waals surface area contributed by atoms with Crippen molar-refractivity contribution < 1.29 is 28.8 Å². The van der Waals surface area contributed by atoms with E-state index in [1.165, 1.54) is 0 Å². The van der Waals surface area contributed by atoms with E-state index in [-0.39, 0.29) is 6.61 Å². The van der Waals surface area contributed by atoms with Crippen molar-refractivity contribution in [3.63, 3.8) is 0 Å². The van der Waals surface area contributed by atoms with Crippen molar-refractivity contribution in [2.75, 3.05) is 46.2 Å². The van der Waals surface area contributed by atoms with Gasteiger partial charge in [-0.1, -0.05) is 5.21 Å². The van der Waals surface area contributed by atoms with Crippen molar-refractivity contribution >= 4 is 6.09 Å². The van der Waals surface area contributed by atoms with Crippen molar-refractivity contribution in [1.29, 1.82) is 0 Å². The fourth-order valence-electron chi connectivity index (χ4n) is 1.77. The third-order valence-corrected chi connectivity index (χ3v) is 2.82. The van der Waals surface area contributed by atoms with Crippen LogP contribution in [0.1, 0.15) is 26.5 Å². The van der Waals surface area contributed by atoms with E-state index in [9.17, 15) is 4.79 Å². The normalized spacial score (nSPS) is 11.5. The molecule has 1 rings (SSSR count). The molecule has 0 aliphatic heterocycles. The van der Waals surface area contributed by atoms with Crippen molar-refractivity contribution in [3.8, 4) is 0 Å². The first-order valence-corrected chi connectivity index (χ1v) is 8.60. The first kappa shape index (κ1) is 22.3. The lowest BCUT2D eigenvalue weighted by Gasteiger charge is -2.19. The predicted molar refractivity (Wildman–Crippen MR) is 92.6 cm³/mol. The van der Waals surface area contributed by atoms with Crippen LogP contribution >= 0.6 is 0 Å². The Bertz CT molecular complexity index is 503. The highest BCUT2D eigenvalue weighted by Gasteiger charge is 2.15. The number of hydrogen-bond donors (Lipinski definition) is 2. The summed E-state index contributed by atoms with van der Waals surface area (Å²) in [4.78, 5) is 11.4. The van der Waals surface area contributed by atoms with Gasteiger partial charge in [-0.2, -0.15) is 0 Å². The Labute approximate surface area is 153 Å². The molecule has 0 radical (unpaired) electrons. The van der Waals surface area contributed by atoms with Crippen LogP contribution in [-0.4, -0.2) is 78.0 Å². The largest absolute Gasteiger partial charge is 0.444 e. The molecule has 0 aromatic carbocycles. The summed E-state index contributed by atoms with van der Waals surface area (Å²) >= 11 is 0. The molecule has 0 saturated carbocycles. The zero-order chi connectivity index (χ0) is 19.3. The molecule has 0 unspecified atom stereocenters. The van der Waals surface area contributed by atoms with Crippen LogP contribution in [0.2, 0.25) is 0 Å². The molecule has 26 heavy (non-hydrogen) atoms. The van der Waals surface area contributed by atoms with Crippen LogP contribution < -0.4 is 5.32 Å². The van der Waals surface area contributed by atoms with Gasteiger partial charge in [0.2, 0.25) is 0 Å². The van der Waals surface area contributed by atoms with Crippen LogP contribution in [0.3, 0.4) is 0 Å². The summed E-state index contributed by atoms with van der Waals surface area (Å²) in [5, 5.41) is 19.2. The van der Waals surface area contributed by atoms with Crippen molar-refractivity contribution in [2.45, 2.75) is 39.5 Å². The molecule has 1 heterocycles. The molecule has 2 N–H and O–H groups in total. The van der Waals surface area contributed by atoms with Crippen LogP contribution in [0.4, 0.5) is 4.79 Å². The average Bonchev–Trinajstić information content (AvgIpc) is 3.00. The van der Waals surface area contributed by atoms with Gasteiger partial charge in [-0.05, 0) is 20.8 Å². The number of amides is 1. The molecule has 0 aliphatic rings. The monoisotopic (exact) mass is 374 g/mol. The fraction of sp³-hybridized carbons (Fsp3) is 0.812. The maximum absolute atomic E-state index is 11.4. The second-order valence-corrected chi connectivity index (χ2v) is 6.40. The first-order valence-electron chi connectivity index (χ1n) is 8.60. The standard InChI is InChI=1S/C16H30N4O6/c1-16(2,3)26-15(22)17-4-7-25-13-14-12-20(19-18-14)5-8-23-10-11-24-9-6-21/h12,21H,4-11,13H2,1-3H3,(H,17,22). The van der Waals surface area contributed by atoms with Crippen LogP contribution in [0.15, 0.2) is 6.20 Å². The smallest absolute Gasteiger partial charge is 0.407 e. The van der Waals surface area contributed by atoms with Gasteiger partial charge in [0, 0.05) is 6.54 Å². The summed E-state index contributed by atoms with van der Waals surface area (Å²) in [5.41, 5.74) is 0.188. The number of ether oxygens (including phenoxy) is 4. The lowest BCUT2D eigenvalue weighted by molar-refractivity contribution is 0.0302. The molecule has 0 fully saturated rings. The summed E-state index contributed by atoms with van der Waals surface area (Å²) in [5.74, 6) is 0. The third kappa shape index (κ3) is 11.7. The van der Waals surface area contributed by atoms with Crippen LogP contribution in [0, 0.1) is 0 Å². The number of nitrogens with one attached hydrogen (secondary N) is 1. The molecule has 0 aliphatic carbocycles. The topological polar surface area (TPSA) is 117 Å². The summed E-state index contributed by atoms with van der Waals surface area (Å²) in [6.07, 6.45) is 1.32. The van der Waals surface area contributed by atoms with Gasteiger partial charge in [-0.15, -0.1) is 5.10 Å². The predicted octanol–water partition coefficient (Wildman–Crippen LogP) is 0.345. The molecule has 1 aromatic heterocycles. The lowest BCUT2D eigenvalue weighted by Crippen LogP contribution is -2.34. The van der Waals surface area contributed by atoms with Gasteiger partial charge in [0.05, 0.1) is 59.0 Å². The molecule has 10 heteroatoms. The second kappa shape index (κ2) is 12.6. The summed E-state index contributed by atoms with van der Waals surface area (Å²) in [7, 11) is 0. The maximum atomic E-state index is 11.4. The van der Waals surface area contributed by atoms with Gasteiger partial charge in [0.1, 0.15) is 11.3 Å². The van der Waals surface area contributed by atoms with E-state index in [2.05, 4.69) is 15.6 Å². The Kier molecular flexibility index (Phi) is 10.8. The first-order chi connectivity index (χ1) is 12.4. The Hall–Kier alpha value is -1.75. The van der Waals surface area contributed by atoms with Gasteiger partial charge < -0.3 is 29.4 Å². The molecular formula is C16H30N4O6. The molecule has 0 atom stereocenters. The van der Waals surface area contributed by atoms with E-state index in [1.807, 2.05) is 20.8 Å². The molecule has 10 nitrogen and oxygen atoms in total. The summed E-state index contributed by atoms with van der Waals surface area (Å²) in [6, 6.07) is 0. The SMILES string of the molecule is CC(C)(C)OC(=O)NCCOCc1cn(CCOCCOCCO)nn1. The molecule has 150 valence electrons. The van der Waals surface area contributed by atoms with Crippen LogP contribution in [0.25, 0.3) is 0 Å². The van der Waals surface area contributed by atoms with Gasteiger partial charge >= 0.3 is 6.09 Å². The van der Waals surface area contributed by atoms with E-state index in [1.54, 1.807) is 10.9 Å². The Morgan fingerprint density at radius 2 is 1.88 bits per heavy atom. The third-order valence-electron chi connectivity index (χ3n) is 2.82. The zero-order valence-corrected chi connectivity index (χ0v) is 15.8. The van der Waals surface area contributed by atoms with Crippen LogP contribution in [0.5, 0.6) is 0 Å². The van der Waals surface area contributed by atoms with Crippen molar-refractivity contribution in [1.82, 2.24) is 20.3 Å². The second-order valence-electron chi connectivity index (χ2n) is 6.40. The van der Waals surface area contributed by atoms with E-state index in [0.29, 0.717) is 58.4 Å². The number of carbonyl (C=O) groups excluding carboxylic acids is 1. The highest BCUT2D eigenvalue weighted by atomic mass is 16.6. The molecule has 1 aromatic rings. The Morgan fingerprint density at radius 1 is 1.15 bits per heavy atom. The van der Waals surface area contributed by atoms with E-state index in [4.69, 9.17) is 24.1 Å². The highest BCUT2D eigenvalue weighted by Crippen LogP contribution is 2.06. The van der Waals surface area contributed by atoms with Gasteiger partial charge in [-0.25, -0.2) is 9.48 Å². The quantitative estimate of drug-likeness (QED) is 0.475. The van der Waals surface area contributed by atoms with E-state index < -0.39 is 11.7 Å². The number of aromatic nitrogens is 3. The van der Waals surface area contributed by atoms with Crippen molar-refractivity contribution in [2.24, 2.45) is 0 Å². The summed E-state index contributed by atoms with van der Waals surface area (Å²) < 4.78 is 22.7. The minimum atomic E-state index is -0.514. The van der Waals surface area contributed by atoms with E-state index in [0.717, 1.165) is 0 Å². The van der Waals surface area contributed by atoms with Gasteiger partial charge in [0.15, 0.2) is 0 Å². The minimum absolute atomic E-state index is 0.0148. The maximum Gasteiger partial charge on any atom is 0.407 e. The van der Waals surface area contributed by atoms with Gasteiger partial charge in [0.25, 0.3) is 0 Å². The number of rotatable bonds is 13. The lowest BCUT2D eigenvalue weighted by atomic mass is 10.2. The van der Waals surface area contributed by atoms with Crippen molar-refractivity contribution in [3.05, 3.63) is 11.9 Å². The molecule has 0 saturated heterocycles. The average molecular weight is 374 g/mol. The number of nitrogens with zero attached hydrogens (tertiary/aromatic N) is 3. The fourth-order valence-corrected chi connectivity index (χ4v) is 1.77. The number of hydrogen-bond acceptors (Lipinski definition) is 8. The summed E-state index contributed by atoms with van der Waals surface area (Å²) in [6.45, 7) is 8.77. The number of alkyl carbamates (subject to hydrolysis) is 1. The highest BCUT2D eigenvalue weighted by molar-refractivity contribution is 5.67. The zero-order valence-electron chi connectivity index (χ0n) is 15.8. The molecular weight excluding hydrogens is 344 g/mol. The molecule has 0 spiro atoms. The Morgan fingerprint density at radius 3 is 2.58 bits per heavy atom. The van der Waals surface area contributed by atoms with Gasteiger partial charge in [-0.3, -0.25) is 0 Å².